The van der Waals surface area contributed by atoms with Gasteiger partial charge in [0.15, 0.2) is 5.39 Å². The Kier molecular flexibility index (Phi) is 4.03. The van der Waals surface area contributed by atoms with Crippen molar-refractivity contribution >= 4 is 22.1 Å². The van der Waals surface area contributed by atoms with Gasteiger partial charge in [0.25, 0.3) is 5.56 Å². The Hall–Kier alpha value is -3.41. The van der Waals surface area contributed by atoms with E-state index in [1.54, 1.807) is 25.1 Å². The van der Waals surface area contributed by atoms with Gasteiger partial charge in [0, 0.05) is 6.07 Å². The van der Waals surface area contributed by atoms with Crippen LogP contribution in [0.1, 0.15) is 24.4 Å². The Morgan fingerprint density at radius 1 is 1.11 bits per heavy atom. The van der Waals surface area contributed by atoms with Gasteiger partial charge in [-0.1, -0.05) is 30.3 Å². The van der Waals surface area contributed by atoms with Crippen LogP contribution in [0, 0.1) is 6.92 Å². The van der Waals surface area contributed by atoms with Crippen LogP contribution in [0.2, 0.25) is 0 Å². The minimum atomic E-state index is -0.402. The molecule has 0 bridgehead atoms. The topological polar surface area (TPSA) is 74.3 Å². The largest absolute Gasteiger partial charge is 0.497 e. The summed E-state index contributed by atoms with van der Waals surface area (Å²) in [6, 6.07) is 14.2. The molecular formula is C21H18N2O4. The van der Waals surface area contributed by atoms with Crippen LogP contribution in [0.25, 0.3) is 22.1 Å². The summed E-state index contributed by atoms with van der Waals surface area (Å²) in [6.07, 6.45) is 0. The van der Waals surface area contributed by atoms with E-state index in [-0.39, 0.29) is 22.6 Å². The number of aromatic nitrogens is 2. The first-order chi connectivity index (χ1) is 13.0. The van der Waals surface area contributed by atoms with Crippen LogP contribution in [0.4, 0.5) is 0 Å². The third-order valence-electron chi connectivity index (χ3n) is 4.79. The summed E-state index contributed by atoms with van der Waals surface area (Å²) in [5.74, 6) is 1.04. The molecule has 136 valence electrons. The summed E-state index contributed by atoms with van der Waals surface area (Å²) < 4.78 is 12.5. The summed E-state index contributed by atoms with van der Waals surface area (Å²) in [5.41, 5.74) is 0.547. The monoisotopic (exact) mass is 362 g/mol. The van der Waals surface area contributed by atoms with Crippen LogP contribution >= 0.6 is 0 Å². The van der Waals surface area contributed by atoms with Crippen molar-refractivity contribution in [2.45, 2.75) is 19.9 Å². The molecule has 4 aromatic rings. The summed E-state index contributed by atoms with van der Waals surface area (Å²) >= 11 is 0. The summed E-state index contributed by atoms with van der Waals surface area (Å²) in [6.45, 7) is 3.64. The second kappa shape index (κ2) is 6.39. The van der Waals surface area contributed by atoms with Crippen molar-refractivity contribution in [2.75, 3.05) is 7.11 Å². The number of benzene rings is 2. The lowest BCUT2D eigenvalue weighted by Crippen LogP contribution is -2.30. The molecule has 0 fully saturated rings. The van der Waals surface area contributed by atoms with Crippen molar-refractivity contribution in [3.05, 3.63) is 80.5 Å². The standard InChI is InChI=1S/C21H18N2O4/c1-12(14-7-5-4-6-8-14)23-13(2)22-20-18(21(23)25)19(24)16-10-9-15(26-3)11-17(16)27-20/h4-12H,1-3H3. The van der Waals surface area contributed by atoms with Crippen molar-refractivity contribution in [1.29, 1.82) is 0 Å². The van der Waals surface area contributed by atoms with Gasteiger partial charge in [-0.15, -0.1) is 0 Å². The zero-order valence-electron chi connectivity index (χ0n) is 15.2. The van der Waals surface area contributed by atoms with E-state index in [4.69, 9.17) is 9.15 Å². The maximum atomic E-state index is 13.2. The van der Waals surface area contributed by atoms with Gasteiger partial charge in [-0.25, -0.2) is 0 Å². The highest BCUT2D eigenvalue weighted by Gasteiger charge is 2.20. The molecule has 0 radical (unpaired) electrons. The van der Waals surface area contributed by atoms with Crippen molar-refractivity contribution in [3.8, 4) is 5.75 Å². The van der Waals surface area contributed by atoms with Gasteiger partial charge in [-0.05, 0) is 31.5 Å². The van der Waals surface area contributed by atoms with E-state index in [9.17, 15) is 9.59 Å². The van der Waals surface area contributed by atoms with E-state index in [1.165, 1.54) is 11.7 Å². The fraction of sp³-hybridized carbons (Fsp3) is 0.190. The molecule has 27 heavy (non-hydrogen) atoms. The molecule has 1 unspecified atom stereocenters. The fourth-order valence-corrected chi connectivity index (χ4v) is 3.36. The number of nitrogens with zero attached hydrogens (tertiary/aromatic N) is 2. The van der Waals surface area contributed by atoms with Crippen LogP contribution < -0.4 is 15.7 Å². The fourth-order valence-electron chi connectivity index (χ4n) is 3.36. The quantitative estimate of drug-likeness (QED) is 0.522. The van der Waals surface area contributed by atoms with Gasteiger partial charge in [0.05, 0.1) is 18.5 Å². The van der Waals surface area contributed by atoms with Gasteiger partial charge >= 0.3 is 0 Å². The zero-order chi connectivity index (χ0) is 19.1. The van der Waals surface area contributed by atoms with Crippen LogP contribution in [-0.4, -0.2) is 16.7 Å². The minimum absolute atomic E-state index is 0.0407. The highest BCUT2D eigenvalue weighted by molar-refractivity contribution is 5.88. The molecule has 0 aliphatic carbocycles. The Bertz CT molecular complexity index is 1270. The third-order valence-corrected chi connectivity index (χ3v) is 4.79. The molecule has 0 saturated heterocycles. The first-order valence-corrected chi connectivity index (χ1v) is 8.60. The molecule has 0 amide bonds. The molecule has 0 aliphatic rings. The average Bonchev–Trinajstić information content (AvgIpc) is 2.67. The third kappa shape index (κ3) is 2.70. The normalized spacial score (nSPS) is 12.4. The molecule has 0 aliphatic heterocycles. The number of ether oxygens (including phenoxy) is 1. The van der Waals surface area contributed by atoms with Gasteiger partial charge < -0.3 is 9.15 Å². The number of aryl methyl sites for hydroxylation is 1. The van der Waals surface area contributed by atoms with Gasteiger partial charge in [0.2, 0.25) is 11.1 Å². The van der Waals surface area contributed by atoms with Crippen molar-refractivity contribution in [3.63, 3.8) is 0 Å². The molecule has 0 N–H and O–H groups in total. The predicted molar refractivity (Wildman–Crippen MR) is 104 cm³/mol. The van der Waals surface area contributed by atoms with Crippen molar-refractivity contribution in [1.82, 2.24) is 9.55 Å². The Morgan fingerprint density at radius 2 is 1.85 bits per heavy atom. The molecule has 0 saturated carbocycles. The van der Waals surface area contributed by atoms with E-state index in [0.717, 1.165) is 5.56 Å². The molecule has 2 aromatic heterocycles. The van der Waals surface area contributed by atoms with Crippen LogP contribution in [0.3, 0.4) is 0 Å². The Labute approximate surface area is 154 Å². The number of hydrogen-bond donors (Lipinski definition) is 0. The maximum absolute atomic E-state index is 13.2. The molecule has 1 atom stereocenters. The van der Waals surface area contributed by atoms with Crippen molar-refractivity contribution in [2.24, 2.45) is 0 Å². The second-order valence-corrected chi connectivity index (χ2v) is 6.39. The first kappa shape index (κ1) is 17.0. The lowest BCUT2D eigenvalue weighted by Gasteiger charge is -2.18. The van der Waals surface area contributed by atoms with Gasteiger partial charge in [-0.2, -0.15) is 4.98 Å². The van der Waals surface area contributed by atoms with Gasteiger partial charge in [-0.3, -0.25) is 14.2 Å². The lowest BCUT2D eigenvalue weighted by atomic mass is 10.1. The van der Waals surface area contributed by atoms with E-state index in [2.05, 4.69) is 4.98 Å². The molecule has 4 rings (SSSR count). The molecule has 2 heterocycles. The molecular weight excluding hydrogens is 344 g/mol. The number of fused-ring (bicyclic) bond motifs is 2. The van der Waals surface area contributed by atoms with E-state index < -0.39 is 5.56 Å². The second-order valence-electron chi connectivity index (χ2n) is 6.39. The van der Waals surface area contributed by atoms with Crippen LogP contribution in [-0.2, 0) is 0 Å². The van der Waals surface area contributed by atoms with Crippen molar-refractivity contribution < 1.29 is 9.15 Å². The highest BCUT2D eigenvalue weighted by Crippen LogP contribution is 2.22. The minimum Gasteiger partial charge on any atom is -0.497 e. The zero-order valence-corrected chi connectivity index (χ0v) is 15.2. The predicted octanol–water partition coefficient (Wildman–Crippen LogP) is 3.43. The van der Waals surface area contributed by atoms with Gasteiger partial charge in [0.1, 0.15) is 17.2 Å². The SMILES string of the molecule is COc1ccc2c(=O)c3c(=O)n(C(C)c4ccccc4)c(C)nc3oc2c1. The van der Waals surface area contributed by atoms with E-state index in [0.29, 0.717) is 22.5 Å². The highest BCUT2D eigenvalue weighted by atomic mass is 16.5. The summed E-state index contributed by atoms with van der Waals surface area (Å²) in [5, 5.41) is 0.283. The summed E-state index contributed by atoms with van der Waals surface area (Å²) in [7, 11) is 1.53. The number of hydrogen-bond acceptors (Lipinski definition) is 5. The van der Waals surface area contributed by atoms with Crippen LogP contribution in [0.15, 0.2) is 62.5 Å². The number of rotatable bonds is 3. The van der Waals surface area contributed by atoms with Crippen LogP contribution in [0.5, 0.6) is 5.75 Å². The molecule has 6 nitrogen and oxygen atoms in total. The van der Waals surface area contributed by atoms with E-state index >= 15 is 0 Å². The number of methoxy groups -OCH3 is 1. The molecule has 6 heteroatoms. The Balaban J connectivity index is 2.04. The van der Waals surface area contributed by atoms with E-state index in [1.807, 2.05) is 37.3 Å². The summed E-state index contributed by atoms with van der Waals surface area (Å²) in [4.78, 5) is 30.6. The lowest BCUT2D eigenvalue weighted by molar-refractivity contribution is 0.414. The smallest absolute Gasteiger partial charge is 0.269 e. The maximum Gasteiger partial charge on any atom is 0.269 e. The molecule has 2 aromatic carbocycles. The molecule has 0 spiro atoms. The Morgan fingerprint density at radius 3 is 2.56 bits per heavy atom. The first-order valence-electron chi connectivity index (χ1n) is 8.60. The average molecular weight is 362 g/mol.